The highest BCUT2D eigenvalue weighted by Gasteiger charge is 2.14. The number of hydrogen-bond donors (Lipinski definition) is 1. The molecule has 0 spiro atoms. The van der Waals surface area contributed by atoms with Crippen molar-refractivity contribution in [2.45, 2.75) is 6.10 Å². The van der Waals surface area contributed by atoms with E-state index in [0.717, 1.165) is 26.3 Å². The summed E-state index contributed by atoms with van der Waals surface area (Å²) in [4.78, 5) is 2.18. The zero-order chi connectivity index (χ0) is 8.81. The Bertz CT molecular complexity index is 119. The lowest BCUT2D eigenvalue weighted by Crippen LogP contribution is -2.41. The Morgan fingerprint density at radius 1 is 1.50 bits per heavy atom. The average molecular weight is 287 g/mol. The summed E-state index contributed by atoms with van der Waals surface area (Å²) in [5.74, 6) is 0. The minimum Gasteiger partial charge on any atom is -0.389 e. The Morgan fingerprint density at radius 3 is 2.75 bits per heavy atom. The van der Waals surface area contributed by atoms with Crippen LogP contribution >= 0.6 is 23.0 Å². The predicted molar refractivity (Wildman–Crippen MR) is 53.2 cm³/mol. The van der Waals surface area contributed by atoms with Gasteiger partial charge in [-0.25, -0.2) is 0 Å². The fourth-order valence-electron chi connectivity index (χ4n) is 1.21. The molecule has 1 heterocycles. The number of ether oxygens (including phenoxy) is 1. The summed E-state index contributed by atoms with van der Waals surface area (Å²) in [6.45, 7) is 4.47. The number of aliphatic hydroxyl groups is 1. The maximum absolute atomic E-state index is 9.39. The van der Waals surface area contributed by atoms with Gasteiger partial charge >= 0.3 is 0 Å². The average Bonchev–Trinajstić information content (AvgIpc) is 2.06. The fourth-order valence-corrected chi connectivity index (χ4v) is 1.62. The molecule has 1 saturated heterocycles. The molecule has 0 radical (unpaired) electrons. The first-order valence-corrected chi connectivity index (χ1v) is 4.92. The first-order valence-electron chi connectivity index (χ1n) is 4.04. The van der Waals surface area contributed by atoms with Crippen LogP contribution in [0, 0.1) is 0 Å². The molecular weight excluding hydrogens is 273 g/mol. The molecule has 1 aliphatic rings. The molecule has 0 aliphatic carbocycles. The summed E-state index contributed by atoms with van der Waals surface area (Å²) in [7, 11) is 0. The smallest absolute Gasteiger partial charge is 0.109 e. The van der Waals surface area contributed by atoms with Crippen LogP contribution in [0.5, 0.6) is 0 Å². The van der Waals surface area contributed by atoms with Gasteiger partial charge in [0.1, 0.15) is 23.0 Å². The molecule has 1 atom stereocenters. The van der Waals surface area contributed by atoms with Gasteiger partial charge in [0, 0.05) is 19.6 Å². The van der Waals surface area contributed by atoms with E-state index in [1.807, 2.05) is 0 Å². The Morgan fingerprint density at radius 2 is 2.17 bits per heavy atom. The highest BCUT2D eigenvalue weighted by molar-refractivity contribution is 14.1. The van der Waals surface area contributed by atoms with E-state index in [2.05, 4.69) is 4.90 Å². The Hall–Kier alpha value is 0.570. The van der Waals surface area contributed by atoms with Crippen LogP contribution in [-0.2, 0) is 7.80 Å². The summed E-state index contributed by atoms with van der Waals surface area (Å²) in [6.07, 6.45) is -0.375. The lowest BCUT2D eigenvalue weighted by Gasteiger charge is -2.28. The summed E-state index contributed by atoms with van der Waals surface area (Å²) < 4.78 is 9.99. The monoisotopic (exact) mass is 287 g/mol. The standard InChI is InChI=1S/C7H14INO3/c8-12-6-7(10)5-9-1-3-11-4-2-9/h7,10H,1-6H2. The molecule has 0 aromatic rings. The van der Waals surface area contributed by atoms with Gasteiger partial charge in [-0.1, -0.05) is 0 Å². The molecule has 12 heavy (non-hydrogen) atoms. The SMILES string of the molecule is OC(COI)CN1CCOCC1. The van der Waals surface area contributed by atoms with Crippen molar-refractivity contribution in [1.29, 1.82) is 0 Å². The Balaban J connectivity index is 2.11. The van der Waals surface area contributed by atoms with Gasteiger partial charge in [0.2, 0.25) is 0 Å². The second kappa shape index (κ2) is 6.09. The number of hydrogen-bond acceptors (Lipinski definition) is 4. The van der Waals surface area contributed by atoms with Gasteiger partial charge in [0.05, 0.1) is 25.9 Å². The van der Waals surface area contributed by atoms with Crippen molar-refractivity contribution in [2.75, 3.05) is 39.5 Å². The second-order valence-corrected chi connectivity index (χ2v) is 3.47. The van der Waals surface area contributed by atoms with Crippen molar-refractivity contribution in [3.8, 4) is 0 Å². The van der Waals surface area contributed by atoms with Crippen LogP contribution in [0.25, 0.3) is 0 Å². The zero-order valence-electron chi connectivity index (χ0n) is 6.91. The van der Waals surface area contributed by atoms with E-state index in [4.69, 9.17) is 7.80 Å². The maximum atomic E-state index is 9.39. The molecule has 1 rings (SSSR count). The van der Waals surface area contributed by atoms with Crippen LogP contribution in [0.2, 0.25) is 0 Å². The lowest BCUT2D eigenvalue weighted by atomic mass is 10.3. The minimum atomic E-state index is -0.375. The van der Waals surface area contributed by atoms with Crippen LogP contribution in [0.1, 0.15) is 0 Å². The third kappa shape index (κ3) is 3.99. The molecule has 1 N–H and O–H groups in total. The van der Waals surface area contributed by atoms with E-state index in [9.17, 15) is 5.11 Å². The highest BCUT2D eigenvalue weighted by Crippen LogP contribution is 1.99. The van der Waals surface area contributed by atoms with E-state index in [1.165, 1.54) is 0 Å². The second-order valence-electron chi connectivity index (χ2n) is 2.84. The van der Waals surface area contributed by atoms with Crippen LogP contribution in [0.3, 0.4) is 0 Å². The number of halogens is 1. The highest BCUT2D eigenvalue weighted by atomic mass is 127. The fraction of sp³-hybridized carbons (Fsp3) is 1.00. The third-order valence-electron chi connectivity index (χ3n) is 1.83. The predicted octanol–water partition coefficient (Wildman–Crippen LogP) is 0.0461. The summed E-state index contributed by atoms with van der Waals surface area (Å²) in [5, 5.41) is 9.39. The number of nitrogens with zero attached hydrogens (tertiary/aromatic N) is 1. The van der Waals surface area contributed by atoms with E-state index in [0.29, 0.717) is 13.2 Å². The molecule has 72 valence electrons. The van der Waals surface area contributed by atoms with Gasteiger partial charge in [-0.2, -0.15) is 0 Å². The molecule has 0 bridgehead atoms. The molecule has 1 fully saturated rings. The largest absolute Gasteiger partial charge is 0.389 e. The van der Waals surface area contributed by atoms with Gasteiger partial charge in [-0.15, -0.1) is 0 Å². The van der Waals surface area contributed by atoms with Gasteiger partial charge in [-0.3, -0.25) is 4.90 Å². The molecule has 5 heteroatoms. The molecule has 0 amide bonds. The zero-order valence-corrected chi connectivity index (χ0v) is 9.07. The van der Waals surface area contributed by atoms with E-state index < -0.39 is 0 Å². The number of rotatable bonds is 4. The van der Waals surface area contributed by atoms with Gasteiger partial charge in [0.15, 0.2) is 0 Å². The van der Waals surface area contributed by atoms with Crippen molar-refractivity contribution in [1.82, 2.24) is 4.90 Å². The van der Waals surface area contributed by atoms with E-state index in [1.54, 1.807) is 23.0 Å². The number of morpholine rings is 1. The van der Waals surface area contributed by atoms with Gasteiger partial charge in [-0.05, 0) is 0 Å². The van der Waals surface area contributed by atoms with Crippen LogP contribution in [-0.4, -0.2) is 55.6 Å². The first-order chi connectivity index (χ1) is 5.83. The Kier molecular flexibility index (Phi) is 5.40. The number of β-amino-alcohol motifs (C(OH)–C–C–N with tert-alkyl or cyclic N) is 1. The number of aliphatic hydroxyl groups excluding tert-OH is 1. The first kappa shape index (κ1) is 10.6. The van der Waals surface area contributed by atoms with Crippen molar-refractivity contribution >= 4 is 23.0 Å². The quantitative estimate of drug-likeness (QED) is 0.742. The third-order valence-corrected chi connectivity index (χ3v) is 2.19. The van der Waals surface area contributed by atoms with Gasteiger partial charge < -0.3 is 12.9 Å². The topological polar surface area (TPSA) is 41.9 Å². The minimum absolute atomic E-state index is 0.375. The maximum Gasteiger partial charge on any atom is 0.109 e. The molecule has 0 saturated carbocycles. The van der Waals surface area contributed by atoms with E-state index in [-0.39, 0.29) is 6.10 Å². The normalized spacial score (nSPS) is 22.5. The molecule has 4 nitrogen and oxygen atoms in total. The molecular formula is C7H14INO3. The van der Waals surface area contributed by atoms with Crippen LogP contribution in [0.4, 0.5) is 0 Å². The van der Waals surface area contributed by atoms with Crippen LogP contribution < -0.4 is 0 Å². The Labute approximate surface area is 86.5 Å². The van der Waals surface area contributed by atoms with E-state index >= 15 is 0 Å². The van der Waals surface area contributed by atoms with Crippen molar-refractivity contribution in [2.24, 2.45) is 0 Å². The summed E-state index contributed by atoms with van der Waals surface area (Å²) >= 11 is 1.79. The molecule has 1 aliphatic heterocycles. The lowest BCUT2D eigenvalue weighted by molar-refractivity contribution is 0.00821. The van der Waals surface area contributed by atoms with Crippen molar-refractivity contribution in [3.05, 3.63) is 0 Å². The summed E-state index contributed by atoms with van der Waals surface area (Å²) in [5.41, 5.74) is 0. The molecule has 0 aromatic carbocycles. The van der Waals surface area contributed by atoms with Crippen molar-refractivity contribution in [3.63, 3.8) is 0 Å². The molecule has 1 unspecified atom stereocenters. The summed E-state index contributed by atoms with van der Waals surface area (Å²) in [6, 6.07) is 0. The molecule has 0 aromatic heterocycles. The van der Waals surface area contributed by atoms with Gasteiger partial charge in [0.25, 0.3) is 0 Å². The van der Waals surface area contributed by atoms with Crippen LogP contribution in [0.15, 0.2) is 0 Å². The van der Waals surface area contributed by atoms with Crippen molar-refractivity contribution < 1.29 is 12.9 Å².